The van der Waals surface area contributed by atoms with Crippen molar-refractivity contribution in [2.24, 2.45) is 0 Å². The molecular formula is C21H15ClF3N3. The molecule has 0 unspecified atom stereocenters. The quantitative estimate of drug-likeness (QED) is 0.408. The number of aromatic nitrogens is 3. The van der Waals surface area contributed by atoms with Gasteiger partial charge in [-0.15, -0.1) is 0 Å². The summed E-state index contributed by atoms with van der Waals surface area (Å²) < 4.78 is 42.4. The van der Waals surface area contributed by atoms with Crippen LogP contribution in [0.2, 0.25) is 5.02 Å². The van der Waals surface area contributed by atoms with Gasteiger partial charge in [0.2, 0.25) is 0 Å². The highest BCUT2D eigenvalue weighted by Gasteiger charge is 2.21. The molecule has 0 amide bonds. The smallest absolute Gasteiger partial charge is 0.243 e. The van der Waals surface area contributed by atoms with Crippen molar-refractivity contribution >= 4 is 22.6 Å². The zero-order chi connectivity index (χ0) is 19.8. The Morgan fingerprint density at radius 2 is 1.82 bits per heavy atom. The van der Waals surface area contributed by atoms with Gasteiger partial charge in [-0.2, -0.15) is 5.10 Å². The van der Waals surface area contributed by atoms with Crippen LogP contribution in [0.3, 0.4) is 0 Å². The maximum atomic E-state index is 13.8. The molecule has 0 saturated carbocycles. The monoisotopic (exact) mass is 401 g/mol. The van der Waals surface area contributed by atoms with Crippen molar-refractivity contribution in [3.05, 3.63) is 82.3 Å². The van der Waals surface area contributed by atoms with E-state index in [2.05, 4.69) is 10.1 Å². The maximum Gasteiger partial charge on any atom is 0.264 e. The molecule has 2 aromatic carbocycles. The predicted octanol–water partition coefficient (Wildman–Crippen LogP) is 6.19. The molecule has 2 heterocycles. The van der Waals surface area contributed by atoms with E-state index in [1.165, 1.54) is 30.3 Å². The van der Waals surface area contributed by atoms with Crippen LogP contribution in [0.4, 0.5) is 13.2 Å². The molecule has 0 atom stereocenters. The fourth-order valence-electron chi connectivity index (χ4n) is 3.25. The van der Waals surface area contributed by atoms with E-state index in [9.17, 15) is 13.2 Å². The summed E-state index contributed by atoms with van der Waals surface area (Å²) in [6.07, 6.45) is -2.69. The van der Waals surface area contributed by atoms with Crippen LogP contribution in [-0.2, 0) is 6.54 Å². The van der Waals surface area contributed by atoms with Crippen LogP contribution in [0.5, 0.6) is 0 Å². The van der Waals surface area contributed by atoms with Crippen LogP contribution in [0.1, 0.15) is 23.2 Å². The number of rotatable bonds is 4. The van der Waals surface area contributed by atoms with Gasteiger partial charge in [-0.3, -0.25) is 0 Å². The second kappa shape index (κ2) is 7.28. The van der Waals surface area contributed by atoms with E-state index in [0.29, 0.717) is 39.6 Å². The number of fused-ring (bicyclic) bond motifs is 1. The highest BCUT2D eigenvalue weighted by atomic mass is 35.5. The molecule has 0 radical (unpaired) electrons. The molecular weight excluding hydrogens is 387 g/mol. The van der Waals surface area contributed by atoms with Crippen molar-refractivity contribution in [3.63, 3.8) is 0 Å². The van der Waals surface area contributed by atoms with E-state index in [4.69, 9.17) is 11.6 Å². The Bertz CT molecular complexity index is 1150. The minimum absolute atomic E-state index is 0.140. The number of hydrogen-bond donors (Lipinski definition) is 0. The summed E-state index contributed by atoms with van der Waals surface area (Å²) in [5, 5.41) is 5.34. The van der Waals surface area contributed by atoms with Gasteiger partial charge in [0.25, 0.3) is 6.43 Å². The third-order valence-corrected chi connectivity index (χ3v) is 4.74. The van der Waals surface area contributed by atoms with Gasteiger partial charge >= 0.3 is 0 Å². The summed E-state index contributed by atoms with van der Waals surface area (Å²) in [6.45, 7) is 2.02. The lowest BCUT2D eigenvalue weighted by Crippen LogP contribution is -2.04. The number of pyridine rings is 1. The van der Waals surface area contributed by atoms with Crippen LogP contribution in [0.25, 0.3) is 22.3 Å². The molecule has 0 bridgehead atoms. The molecule has 0 aliphatic rings. The SMILES string of the molecule is Cc1nn(Cc2cccc(Cl)c2)c2nc(-c3ccc(F)cc3)cc(C(F)F)c12. The molecule has 7 heteroatoms. The standard InChI is InChI=1S/C21H15ClF3N3/c1-12-19-17(20(24)25)10-18(14-5-7-16(23)8-6-14)26-21(19)28(27-12)11-13-3-2-4-15(22)9-13/h2-10,20H,11H2,1H3. The van der Waals surface area contributed by atoms with E-state index in [1.807, 2.05) is 12.1 Å². The fourth-order valence-corrected chi connectivity index (χ4v) is 3.46. The van der Waals surface area contributed by atoms with Crippen molar-refractivity contribution in [1.29, 1.82) is 0 Å². The van der Waals surface area contributed by atoms with Gasteiger partial charge in [-0.05, 0) is 55.0 Å². The first kappa shape index (κ1) is 18.5. The second-order valence-electron chi connectivity index (χ2n) is 6.48. The van der Waals surface area contributed by atoms with Crippen LogP contribution in [0, 0.1) is 12.7 Å². The van der Waals surface area contributed by atoms with Gasteiger partial charge in [-0.1, -0.05) is 23.7 Å². The first-order valence-electron chi connectivity index (χ1n) is 8.59. The van der Waals surface area contributed by atoms with E-state index in [0.717, 1.165) is 5.56 Å². The molecule has 142 valence electrons. The lowest BCUT2D eigenvalue weighted by Gasteiger charge is -2.09. The zero-order valence-corrected chi connectivity index (χ0v) is 15.6. The van der Waals surface area contributed by atoms with Gasteiger partial charge in [0, 0.05) is 16.1 Å². The highest BCUT2D eigenvalue weighted by Crippen LogP contribution is 2.33. The minimum Gasteiger partial charge on any atom is -0.243 e. The molecule has 2 aromatic heterocycles. The Morgan fingerprint density at radius 1 is 1.07 bits per heavy atom. The topological polar surface area (TPSA) is 30.7 Å². The zero-order valence-electron chi connectivity index (χ0n) is 14.8. The molecule has 0 aliphatic heterocycles. The molecule has 4 aromatic rings. The van der Waals surface area contributed by atoms with Gasteiger partial charge in [0.1, 0.15) is 5.82 Å². The Morgan fingerprint density at radius 3 is 2.50 bits per heavy atom. The molecule has 0 saturated heterocycles. The van der Waals surface area contributed by atoms with Crippen LogP contribution in [0.15, 0.2) is 54.6 Å². The second-order valence-corrected chi connectivity index (χ2v) is 6.91. The molecule has 0 fully saturated rings. The number of hydrogen-bond acceptors (Lipinski definition) is 2. The number of halogens is 4. The average Bonchev–Trinajstić information content (AvgIpc) is 2.97. The van der Waals surface area contributed by atoms with Crippen molar-refractivity contribution in [2.45, 2.75) is 19.9 Å². The van der Waals surface area contributed by atoms with Gasteiger partial charge < -0.3 is 0 Å². The Kier molecular flexibility index (Phi) is 4.81. The molecule has 0 N–H and O–H groups in total. The number of aryl methyl sites for hydroxylation is 1. The van der Waals surface area contributed by atoms with Crippen molar-refractivity contribution in [2.75, 3.05) is 0 Å². The molecule has 3 nitrogen and oxygen atoms in total. The number of nitrogens with zero attached hydrogens (tertiary/aromatic N) is 3. The minimum atomic E-state index is -2.69. The van der Waals surface area contributed by atoms with E-state index in [1.54, 1.807) is 23.7 Å². The van der Waals surface area contributed by atoms with Crippen LogP contribution in [-0.4, -0.2) is 14.8 Å². The average molecular weight is 402 g/mol. The van der Waals surface area contributed by atoms with Gasteiger partial charge in [-0.25, -0.2) is 22.8 Å². The first-order chi connectivity index (χ1) is 13.4. The van der Waals surface area contributed by atoms with Crippen molar-refractivity contribution in [3.8, 4) is 11.3 Å². The summed E-state index contributed by atoms with van der Waals surface area (Å²) in [6, 6.07) is 14.2. The summed E-state index contributed by atoms with van der Waals surface area (Å²) in [5.74, 6) is -0.402. The van der Waals surface area contributed by atoms with E-state index in [-0.39, 0.29) is 5.56 Å². The largest absolute Gasteiger partial charge is 0.264 e. The normalized spacial score (nSPS) is 11.5. The van der Waals surface area contributed by atoms with E-state index < -0.39 is 12.2 Å². The van der Waals surface area contributed by atoms with Gasteiger partial charge in [0.05, 0.1) is 23.3 Å². The summed E-state index contributed by atoms with van der Waals surface area (Å²) in [7, 11) is 0. The van der Waals surface area contributed by atoms with E-state index >= 15 is 0 Å². The molecule has 0 spiro atoms. The maximum absolute atomic E-state index is 13.8. The third-order valence-electron chi connectivity index (χ3n) is 4.50. The molecule has 0 aliphatic carbocycles. The van der Waals surface area contributed by atoms with Gasteiger partial charge in [0.15, 0.2) is 5.65 Å². The van der Waals surface area contributed by atoms with Crippen LogP contribution >= 0.6 is 11.6 Å². The lowest BCUT2D eigenvalue weighted by molar-refractivity contribution is 0.153. The summed E-state index contributed by atoms with van der Waals surface area (Å²) >= 11 is 6.04. The first-order valence-corrected chi connectivity index (χ1v) is 8.97. The third kappa shape index (κ3) is 3.47. The van der Waals surface area contributed by atoms with Crippen molar-refractivity contribution in [1.82, 2.24) is 14.8 Å². The molecule has 28 heavy (non-hydrogen) atoms. The fraction of sp³-hybridized carbons (Fsp3) is 0.143. The summed E-state index contributed by atoms with van der Waals surface area (Å²) in [4.78, 5) is 4.57. The lowest BCUT2D eigenvalue weighted by atomic mass is 10.1. The summed E-state index contributed by atoms with van der Waals surface area (Å²) in [5.41, 5.74) is 2.47. The Hall–Kier alpha value is -2.86. The predicted molar refractivity (Wildman–Crippen MR) is 103 cm³/mol. The molecule has 4 rings (SSSR count). The Balaban J connectivity index is 1.90. The Labute approximate surface area is 164 Å². The number of benzene rings is 2. The highest BCUT2D eigenvalue weighted by molar-refractivity contribution is 6.30. The van der Waals surface area contributed by atoms with Crippen LogP contribution < -0.4 is 0 Å². The van der Waals surface area contributed by atoms with Crippen molar-refractivity contribution < 1.29 is 13.2 Å². The number of alkyl halides is 2.